The Morgan fingerprint density at radius 1 is 1.03 bits per heavy atom. The minimum atomic E-state index is 0. The van der Waals surface area contributed by atoms with Crippen LogP contribution < -0.4 is 4.90 Å². The van der Waals surface area contributed by atoms with Crippen molar-refractivity contribution >= 4 is 35.3 Å². The van der Waals surface area contributed by atoms with E-state index in [0.717, 1.165) is 67.1 Å². The Hall–Kier alpha value is -2.70. The lowest BCUT2D eigenvalue weighted by Gasteiger charge is -2.40. The number of nitrogens with zero attached hydrogens (tertiary/aromatic N) is 6. The molecule has 0 bridgehead atoms. The topological polar surface area (TPSA) is 59.2 Å². The SMILES string of the molecule is Cc1nc(N2CCC3(CC2)Cc2cccnc2C3)c2ccnn2c1-c1ccncc1Cl.Cl. The number of hydrogen-bond acceptors (Lipinski definition) is 5. The van der Waals surface area contributed by atoms with Crippen molar-refractivity contribution in [2.75, 3.05) is 18.0 Å². The lowest BCUT2D eigenvalue weighted by molar-refractivity contribution is 0.231. The first-order chi connectivity index (χ1) is 15.1. The van der Waals surface area contributed by atoms with Gasteiger partial charge in [0.1, 0.15) is 5.52 Å². The zero-order valence-corrected chi connectivity index (χ0v) is 19.4. The van der Waals surface area contributed by atoms with Crippen LogP contribution in [0.4, 0.5) is 5.82 Å². The molecule has 0 radical (unpaired) electrons. The third-order valence-corrected chi connectivity index (χ3v) is 7.24. The molecule has 4 aromatic heterocycles. The van der Waals surface area contributed by atoms with E-state index < -0.39 is 0 Å². The highest BCUT2D eigenvalue weighted by Crippen LogP contribution is 2.45. The fourth-order valence-corrected chi connectivity index (χ4v) is 5.55. The lowest BCUT2D eigenvalue weighted by Crippen LogP contribution is -2.41. The molecule has 0 atom stereocenters. The minimum absolute atomic E-state index is 0. The molecule has 0 saturated carbocycles. The molecule has 1 fully saturated rings. The van der Waals surface area contributed by atoms with E-state index in [1.807, 2.05) is 36.0 Å². The summed E-state index contributed by atoms with van der Waals surface area (Å²) in [5.41, 5.74) is 6.82. The molecular formula is C24H24Cl2N6. The van der Waals surface area contributed by atoms with Gasteiger partial charge in [-0.2, -0.15) is 5.10 Å². The van der Waals surface area contributed by atoms with Crippen LogP contribution in [0.1, 0.15) is 29.8 Å². The molecule has 5 heterocycles. The molecule has 1 aliphatic carbocycles. The number of aryl methyl sites for hydroxylation is 1. The van der Waals surface area contributed by atoms with Gasteiger partial charge in [0.05, 0.1) is 22.6 Å². The molecule has 0 N–H and O–H groups in total. The van der Waals surface area contributed by atoms with E-state index in [0.29, 0.717) is 10.4 Å². The number of hydrogen-bond donors (Lipinski definition) is 0. The van der Waals surface area contributed by atoms with Gasteiger partial charge in [-0.25, -0.2) is 9.50 Å². The quantitative estimate of drug-likeness (QED) is 0.417. The molecule has 4 aromatic rings. The van der Waals surface area contributed by atoms with Gasteiger partial charge in [0.15, 0.2) is 5.82 Å². The van der Waals surface area contributed by atoms with Crippen molar-refractivity contribution in [1.29, 1.82) is 0 Å². The molecule has 6 nitrogen and oxygen atoms in total. The van der Waals surface area contributed by atoms with Crippen molar-refractivity contribution in [2.24, 2.45) is 5.41 Å². The molecule has 6 rings (SSSR count). The molecule has 8 heteroatoms. The molecule has 1 aliphatic heterocycles. The van der Waals surface area contributed by atoms with E-state index in [1.54, 1.807) is 12.4 Å². The van der Waals surface area contributed by atoms with Gasteiger partial charge in [-0.3, -0.25) is 9.97 Å². The number of rotatable bonds is 2. The number of pyridine rings is 2. The van der Waals surface area contributed by atoms with Gasteiger partial charge in [-0.05, 0) is 61.8 Å². The van der Waals surface area contributed by atoms with Crippen LogP contribution in [-0.2, 0) is 12.8 Å². The summed E-state index contributed by atoms with van der Waals surface area (Å²) in [6.07, 6.45) is 11.7. The van der Waals surface area contributed by atoms with Gasteiger partial charge < -0.3 is 4.90 Å². The van der Waals surface area contributed by atoms with E-state index in [1.165, 1.54) is 11.3 Å². The van der Waals surface area contributed by atoms with Crippen molar-refractivity contribution in [3.05, 3.63) is 71.0 Å². The molecule has 0 unspecified atom stereocenters. The summed E-state index contributed by atoms with van der Waals surface area (Å²) in [6, 6.07) is 8.27. The molecule has 164 valence electrons. The van der Waals surface area contributed by atoms with Crippen LogP contribution in [0.3, 0.4) is 0 Å². The van der Waals surface area contributed by atoms with Crippen molar-refractivity contribution in [2.45, 2.75) is 32.6 Å². The van der Waals surface area contributed by atoms with Crippen LogP contribution in [0.5, 0.6) is 0 Å². The Morgan fingerprint density at radius 2 is 1.88 bits per heavy atom. The third-order valence-electron chi connectivity index (χ3n) is 6.94. The predicted molar refractivity (Wildman–Crippen MR) is 129 cm³/mol. The molecule has 1 spiro atoms. The van der Waals surface area contributed by atoms with Gasteiger partial charge in [-0.1, -0.05) is 17.7 Å². The summed E-state index contributed by atoms with van der Waals surface area (Å²) in [5, 5.41) is 5.22. The van der Waals surface area contributed by atoms with Gasteiger partial charge in [0, 0.05) is 42.9 Å². The van der Waals surface area contributed by atoms with E-state index in [4.69, 9.17) is 16.6 Å². The third kappa shape index (κ3) is 3.33. The van der Waals surface area contributed by atoms with E-state index in [9.17, 15) is 0 Å². The van der Waals surface area contributed by atoms with Crippen molar-refractivity contribution in [1.82, 2.24) is 24.6 Å². The Kier molecular flexibility index (Phi) is 5.30. The fraction of sp³-hybridized carbons (Fsp3) is 0.333. The first-order valence-corrected chi connectivity index (χ1v) is 11.1. The Bertz CT molecular complexity index is 1270. The van der Waals surface area contributed by atoms with Crippen LogP contribution in [0, 0.1) is 12.3 Å². The second-order valence-electron chi connectivity index (χ2n) is 8.80. The lowest BCUT2D eigenvalue weighted by atomic mass is 9.76. The van der Waals surface area contributed by atoms with E-state index in [2.05, 4.69) is 32.1 Å². The van der Waals surface area contributed by atoms with Gasteiger partial charge >= 0.3 is 0 Å². The molecule has 32 heavy (non-hydrogen) atoms. The van der Waals surface area contributed by atoms with Crippen molar-refractivity contribution in [3.63, 3.8) is 0 Å². The van der Waals surface area contributed by atoms with Crippen LogP contribution >= 0.6 is 24.0 Å². The zero-order valence-electron chi connectivity index (χ0n) is 17.8. The van der Waals surface area contributed by atoms with Gasteiger partial charge in [0.25, 0.3) is 0 Å². The summed E-state index contributed by atoms with van der Waals surface area (Å²) >= 11 is 6.45. The molecule has 0 aromatic carbocycles. The highest BCUT2D eigenvalue weighted by Gasteiger charge is 2.41. The Labute approximate surface area is 198 Å². The average molecular weight is 467 g/mol. The normalized spacial score (nSPS) is 16.9. The maximum Gasteiger partial charge on any atom is 0.155 e. The monoisotopic (exact) mass is 466 g/mol. The Balaban J connectivity index is 0.00000216. The number of halogens is 2. The summed E-state index contributed by atoms with van der Waals surface area (Å²) < 4.78 is 1.97. The molecule has 0 amide bonds. The molecular weight excluding hydrogens is 443 g/mol. The van der Waals surface area contributed by atoms with Crippen molar-refractivity contribution < 1.29 is 0 Å². The minimum Gasteiger partial charge on any atom is -0.355 e. The standard InChI is InChI=1S/C24H23ClN6.ClH/c1-16-22(18-4-9-26-15-19(18)25)31-21(5-10-28-31)23(29-16)30-11-6-24(7-12-30)13-17-3-2-8-27-20(17)14-24;/h2-5,8-10,15H,6-7,11-14H2,1H3;1H. The van der Waals surface area contributed by atoms with Crippen LogP contribution in [0.25, 0.3) is 16.8 Å². The number of piperidine rings is 1. The van der Waals surface area contributed by atoms with Crippen molar-refractivity contribution in [3.8, 4) is 11.3 Å². The summed E-state index contributed by atoms with van der Waals surface area (Å²) in [4.78, 5) is 16.2. The summed E-state index contributed by atoms with van der Waals surface area (Å²) in [7, 11) is 0. The summed E-state index contributed by atoms with van der Waals surface area (Å²) in [5.74, 6) is 1.01. The second kappa shape index (κ2) is 8.01. The number of fused-ring (bicyclic) bond motifs is 2. The first kappa shape index (κ1) is 21.2. The smallest absolute Gasteiger partial charge is 0.155 e. The Morgan fingerprint density at radius 3 is 2.66 bits per heavy atom. The number of aromatic nitrogens is 5. The maximum atomic E-state index is 6.45. The van der Waals surface area contributed by atoms with E-state index in [-0.39, 0.29) is 12.4 Å². The highest BCUT2D eigenvalue weighted by atomic mass is 35.5. The van der Waals surface area contributed by atoms with Crippen LogP contribution in [0.15, 0.2) is 49.1 Å². The fourth-order valence-electron chi connectivity index (χ4n) is 5.34. The largest absolute Gasteiger partial charge is 0.355 e. The maximum absolute atomic E-state index is 6.45. The predicted octanol–water partition coefficient (Wildman–Crippen LogP) is 4.96. The summed E-state index contributed by atoms with van der Waals surface area (Å²) in [6.45, 7) is 4.02. The van der Waals surface area contributed by atoms with Crippen LogP contribution in [0.2, 0.25) is 5.02 Å². The van der Waals surface area contributed by atoms with Gasteiger partial charge in [-0.15, -0.1) is 12.4 Å². The first-order valence-electron chi connectivity index (χ1n) is 10.8. The average Bonchev–Trinajstić information content (AvgIpc) is 3.39. The van der Waals surface area contributed by atoms with Crippen LogP contribution in [-0.4, -0.2) is 37.7 Å². The number of anilines is 1. The molecule has 1 saturated heterocycles. The van der Waals surface area contributed by atoms with Gasteiger partial charge in [0.2, 0.25) is 0 Å². The zero-order chi connectivity index (χ0) is 21.0. The highest BCUT2D eigenvalue weighted by molar-refractivity contribution is 6.33. The second-order valence-corrected chi connectivity index (χ2v) is 9.21. The molecule has 2 aliphatic rings. The van der Waals surface area contributed by atoms with E-state index >= 15 is 0 Å².